The van der Waals surface area contributed by atoms with Crippen LogP contribution in [-0.2, 0) is 19.9 Å². The molecule has 3 rings (SSSR count). The summed E-state index contributed by atoms with van der Waals surface area (Å²) in [6.07, 6.45) is 1.16. The van der Waals surface area contributed by atoms with Gasteiger partial charge in [-0.1, -0.05) is 24.3 Å². The summed E-state index contributed by atoms with van der Waals surface area (Å²) in [4.78, 5) is 4.53. The third-order valence-corrected chi connectivity index (χ3v) is 6.71. The maximum atomic E-state index is 12.7. The fourth-order valence-electron chi connectivity index (χ4n) is 2.81. The Bertz CT molecular complexity index is 1230. The van der Waals surface area contributed by atoms with Crippen molar-refractivity contribution in [3.05, 3.63) is 71.9 Å². The molecule has 0 aliphatic rings. The van der Waals surface area contributed by atoms with E-state index in [1.165, 1.54) is 6.07 Å². The normalized spacial score (nSPS) is 12.0. The van der Waals surface area contributed by atoms with E-state index in [1.54, 1.807) is 61.5 Å². The minimum Gasteiger partial charge on any atom is -0.263 e. The molecule has 6 nitrogen and oxygen atoms in total. The minimum atomic E-state index is -3.77. The molecule has 0 saturated carbocycles. The zero-order valence-corrected chi connectivity index (χ0v) is 17.3. The quantitative estimate of drug-likeness (QED) is 0.686. The third kappa shape index (κ3) is 4.40. The number of hydrogen-bond acceptors (Lipinski definition) is 5. The number of nitrogens with one attached hydrogen (secondary N) is 1. The second-order valence-corrected chi connectivity index (χ2v) is 10.2. The Balaban J connectivity index is 1.91. The van der Waals surface area contributed by atoms with E-state index in [0.717, 1.165) is 22.9 Å². The molecule has 8 heteroatoms. The lowest BCUT2D eigenvalue weighted by atomic mass is 10.0. The number of aromatic nitrogens is 1. The highest BCUT2D eigenvalue weighted by molar-refractivity contribution is 7.92. The molecule has 1 N–H and O–H groups in total. The number of pyridine rings is 1. The number of sulfonamides is 1. The Morgan fingerprint density at radius 1 is 0.821 bits per heavy atom. The van der Waals surface area contributed by atoms with E-state index in [9.17, 15) is 16.8 Å². The van der Waals surface area contributed by atoms with E-state index in [4.69, 9.17) is 0 Å². The van der Waals surface area contributed by atoms with Crippen molar-refractivity contribution in [1.29, 1.82) is 0 Å². The highest BCUT2D eigenvalue weighted by Crippen LogP contribution is 2.27. The number of benzene rings is 2. The molecular formula is C20H20N2O4S2. The topological polar surface area (TPSA) is 93.2 Å². The first-order valence-electron chi connectivity index (χ1n) is 8.44. The van der Waals surface area contributed by atoms with Gasteiger partial charge in [-0.3, -0.25) is 4.72 Å². The van der Waals surface area contributed by atoms with E-state index in [0.29, 0.717) is 5.69 Å². The van der Waals surface area contributed by atoms with Crippen LogP contribution in [0.1, 0.15) is 11.3 Å². The fraction of sp³-hybridized carbons (Fsp3) is 0.150. The van der Waals surface area contributed by atoms with Crippen LogP contribution in [-0.4, -0.2) is 28.1 Å². The lowest BCUT2D eigenvalue weighted by molar-refractivity contribution is 0.599. The van der Waals surface area contributed by atoms with Crippen LogP contribution in [0.4, 0.5) is 5.82 Å². The molecule has 146 valence electrons. The number of hydrogen-bond donors (Lipinski definition) is 1. The molecule has 0 amide bonds. The van der Waals surface area contributed by atoms with Gasteiger partial charge in [-0.2, -0.15) is 0 Å². The van der Waals surface area contributed by atoms with E-state index in [1.807, 2.05) is 6.92 Å². The monoisotopic (exact) mass is 416 g/mol. The highest BCUT2D eigenvalue weighted by atomic mass is 32.2. The molecule has 1 aromatic heterocycles. The van der Waals surface area contributed by atoms with Crippen LogP contribution >= 0.6 is 0 Å². The molecule has 0 aliphatic carbocycles. The van der Waals surface area contributed by atoms with Crippen molar-refractivity contribution in [3.8, 4) is 11.1 Å². The zero-order chi connectivity index (χ0) is 20.5. The van der Waals surface area contributed by atoms with Gasteiger partial charge in [0.15, 0.2) is 9.84 Å². The Labute approximate surface area is 165 Å². The molecule has 0 fully saturated rings. The number of anilines is 1. The number of rotatable bonds is 5. The smallest absolute Gasteiger partial charge is 0.263 e. The minimum absolute atomic E-state index is 0.129. The van der Waals surface area contributed by atoms with Crippen LogP contribution < -0.4 is 4.72 Å². The van der Waals surface area contributed by atoms with E-state index in [-0.39, 0.29) is 15.6 Å². The van der Waals surface area contributed by atoms with Gasteiger partial charge in [0.05, 0.1) is 9.79 Å². The Hall–Kier alpha value is -2.71. The van der Waals surface area contributed by atoms with Gasteiger partial charge in [-0.15, -0.1) is 0 Å². The predicted octanol–water partition coefficient (Wildman–Crippen LogP) is 3.57. The Kier molecular flexibility index (Phi) is 5.27. The first kappa shape index (κ1) is 20.0. The van der Waals surface area contributed by atoms with Gasteiger partial charge in [-0.25, -0.2) is 21.8 Å². The summed E-state index contributed by atoms with van der Waals surface area (Å²) in [6, 6.07) is 16.4. The molecular weight excluding hydrogens is 396 g/mol. The van der Waals surface area contributed by atoms with Gasteiger partial charge < -0.3 is 0 Å². The van der Waals surface area contributed by atoms with Crippen LogP contribution in [0.25, 0.3) is 11.1 Å². The summed E-state index contributed by atoms with van der Waals surface area (Å²) in [5, 5.41) is 0. The lowest BCUT2D eigenvalue weighted by Gasteiger charge is -2.11. The van der Waals surface area contributed by atoms with Crippen molar-refractivity contribution in [3.63, 3.8) is 0 Å². The molecule has 2 aromatic carbocycles. The molecule has 0 spiro atoms. The standard InChI is InChI=1S/C20H20N2O4S2/c1-14-13-18(28(25,26)22-20-6-4-5-15(2)21-20)11-12-19(14)16-7-9-17(10-8-16)27(3,23)24/h4-13H,1-3H3,(H,21,22). The SMILES string of the molecule is Cc1cccc(NS(=O)(=O)c2ccc(-c3ccc(S(C)(=O)=O)cc3)c(C)c2)n1. The van der Waals surface area contributed by atoms with Crippen LogP contribution in [0.3, 0.4) is 0 Å². The molecule has 0 saturated heterocycles. The number of nitrogens with zero attached hydrogens (tertiary/aromatic N) is 1. The average Bonchev–Trinajstić information content (AvgIpc) is 2.60. The second-order valence-electron chi connectivity index (χ2n) is 6.54. The third-order valence-electron chi connectivity index (χ3n) is 4.23. The fourth-order valence-corrected chi connectivity index (χ4v) is 4.52. The first-order chi connectivity index (χ1) is 13.1. The van der Waals surface area contributed by atoms with Gasteiger partial charge in [0.1, 0.15) is 5.82 Å². The van der Waals surface area contributed by atoms with Gasteiger partial charge >= 0.3 is 0 Å². The number of aryl methyl sites for hydroxylation is 2. The Morgan fingerprint density at radius 2 is 1.46 bits per heavy atom. The van der Waals surface area contributed by atoms with Crippen LogP contribution in [0, 0.1) is 13.8 Å². The van der Waals surface area contributed by atoms with Crippen LogP contribution in [0.5, 0.6) is 0 Å². The number of sulfone groups is 1. The zero-order valence-electron chi connectivity index (χ0n) is 15.7. The predicted molar refractivity (Wildman–Crippen MR) is 110 cm³/mol. The van der Waals surface area contributed by atoms with Crippen molar-refractivity contribution >= 4 is 25.7 Å². The summed E-state index contributed by atoms with van der Waals surface area (Å²) in [7, 11) is -7.03. The summed E-state index contributed by atoms with van der Waals surface area (Å²) in [6.45, 7) is 3.59. The summed E-state index contributed by atoms with van der Waals surface area (Å²) in [5.74, 6) is 0.262. The maximum Gasteiger partial charge on any atom is 0.263 e. The van der Waals surface area contributed by atoms with E-state index in [2.05, 4.69) is 9.71 Å². The first-order valence-corrected chi connectivity index (χ1v) is 11.8. The maximum absolute atomic E-state index is 12.7. The molecule has 1 heterocycles. The molecule has 0 radical (unpaired) electrons. The van der Waals surface area contributed by atoms with Crippen molar-refractivity contribution in [2.45, 2.75) is 23.6 Å². The van der Waals surface area contributed by atoms with Crippen molar-refractivity contribution in [2.75, 3.05) is 11.0 Å². The van der Waals surface area contributed by atoms with Gasteiger partial charge in [0.25, 0.3) is 10.0 Å². The summed E-state index contributed by atoms with van der Waals surface area (Å²) in [5.41, 5.74) is 3.10. The van der Waals surface area contributed by atoms with Crippen molar-refractivity contribution < 1.29 is 16.8 Å². The lowest BCUT2D eigenvalue weighted by Crippen LogP contribution is -2.14. The van der Waals surface area contributed by atoms with Gasteiger partial charge in [0.2, 0.25) is 0 Å². The van der Waals surface area contributed by atoms with E-state index < -0.39 is 19.9 Å². The van der Waals surface area contributed by atoms with Crippen LogP contribution in [0.15, 0.2) is 70.5 Å². The van der Waals surface area contributed by atoms with Gasteiger partial charge in [-0.05, 0) is 66.9 Å². The van der Waals surface area contributed by atoms with Crippen molar-refractivity contribution in [2.24, 2.45) is 0 Å². The summed E-state index contributed by atoms with van der Waals surface area (Å²) >= 11 is 0. The van der Waals surface area contributed by atoms with Crippen LogP contribution in [0.2, 0.25) is 0 Å². The molecule has 28 heavy (non-hydrogen) atoms. The Morgan fingerprint density at radius 3 is 2.04 bits per heavy atom. The molecule has 0 unspecified atom stereocenters. The highest BCUT2D eigenvalue weighted by Gasteiger charge is 2.17. The average molecular weight is 417 g/mol. The largest absolute Gasteiger partial charge is 0.263 e. The van der Waals surface area contributed by atoms with Crippen molar-refractivity contribution in [1.82, 2.24) is 4.98 Å². The molecule has 0 bridgehead atoms. The molecule has 0 aliphatic heterocycles. The molecule has 0 atom stereocenters. The summed E-state index contributed by atoms with van der Waals surface area (Å²) < 4.78 is 51.0. The van der Waals surface area contributed by atoms with E-state index >= 15 is 0 Å². The van der Waals surface area contributed by atoms with Gasteiger partial charge in [0, 0.05) is 11.9 Å². The molecule has 3 aromatic rings. The second kappa shape index (κ2) is 7.37.